The van der Waals surface area contributed by atoms with Gasteiger partial charge in [0.25, 0.3) is 0 Å². The minimum absolute atomic E-state index is 0.000640. The molecule has 2 unspecified atom stereocenters. The van der Waals surface area contributed by atoms with E-state index in [1.54, 1.807) is 0 Å². The third kappa shape index (κ3) is 3.01. The maximum Gasteiger partial charge on any atom is 0.237 e. The molecule has 2 aromatic rings. The van der Waals surface area contributed by atoms with Crippen LogP contribution in [0.5, 0.6) is 0 Å². The number of nitrogens with zero attached hydrogens (tertiary/aromatic N) is 2. The van der Waals surface area contributed by atoms with Crippen molar-refractivity contribution in [2.75, 3.05) is 26.2 Å². The van der Waals surface area contributed by atoms with Gasteiger partial charge in [0.1, 0.15) is 0 Å². The van der Waals surface area contributed by atoms with Gasteiger partial charge in [0, 0.05) is 36.7 Å². The maximum absolute atomic E-state index is 12.2. The van der Waals surface area contributed by atoms with Crippen molar-refractivity contribution < 1.29 is 4.79 Å². The Bertz CT molecular complexity index is 667. The lowest BCUT2D eigenvalue weighted by molar-refractivity contribution is -0.136. The first kappa shape index (κ1) is 15.4. The van der Waals surface area contributed by atoms with Gasteiger partial charge in [-0.2, -0.15) is 12.6 Å². The lowest BCUT2D eigenvalue weighted by Gasteiger charge is -2.37. The fourth-order valence-electron chi connectivity index (χ4n) is 3.27. The van der Waals surface area contributed by atoms with Crippen LogP contribution in [-0.4, -0.2) is 52.2 Å². The van der Waals surface area contributed by atoms with Gasteiger partial charge in [0.15, 0.2) is 0 Å². The summed E-state index contributed by atoms with van der Waals surface area (Å²) in [5.74, 6) is 0.573. The number of H-pyrrole nitrogens is 1. The van der Waals surface area contributed by atoms with E-state index >= 15 is 0 Å². The van der Waals surface area contributed by atoms with E-state index < -0.39 is 0 Å². The number of fused-ring (bicyclic) bond motifs is 1. The topological polar surface area (TPSA) is 39.3 Å². The van der Waals surface area contributed by atoms with Crippen LogP contribution in [0.1, 0.15) is 25.3 Å². The first-order valence-corrected chi connectivity index (χ1v) is 8.34. The second kappa shape index (κ2) is 6.34. The summed E-state index contributed by atoms with van der Waals surface area (Å²) in [6.07, 6.45) is 2.10. The number of amides is 1. The highest BCUT2D eigenvalue weighted by Gasteiger charge is 2.27. The Kier molecular flexibility index (Phi) is 4.45. The minimum atomic E-state index is 0.000640. The third-order valence-electron chi connectivity index (χ3n) is 4.47. The van der Waals surface area contributed by atoms with Crippen molar-refractivity contribution >= 4 is 29.4 Å². The summed E-state index contributed by atoms with van der Waals surface area (Å²) >= 11 is 4.37. The molecule has 1 aromatic carbocycles. The fourth-order valence-corrected chi connectivity index (χ4v) is 3.52. The number of hydrogen-bond donors (Lipinski definition) is 2. The van der Waals surface area contributed by atoms with Crippen LogP contribution in [0.25, 0.3) is 10.9 Å². The van der Waals surface area contributed by atoms with Crippen molar-refractivity contribution in [2.24, 2.45) is 0 Å². The van der Waals surface area contributed by atoms with Crippen molar-refractivity contribution in [3.05, 3.63) is 36.0 Å². The van der Waals surface area contributed by atoms with Gasteiger partial charge in [-0.3, -0.25) is 9.69 Å². The Morgan fingerprint density at radius 2 is 2.05 bits per heavy atom. The largest absolute Gasteiger partial charge is 0.361 e. The maximum atomic E-state index is 12.2. The Morgan fingerprint density at radius 3 is 2.77 bits per heavy atom. The first-order valence-electron chi connectivity index (χ1n) is 7.82. The van der Waals surface area contributed by atoms with E-state index in [9.17, 15) is 4.79 Å². The lowest BCUT2D eigenvalue weighted by atomic mass is 9.99. The van der Waals surface area contributed by atoms with E-state index in [-0.39, 0.29) is 11.3 Å². The second-order valence-corrected chi connectivity index (χ2v) is 6.89. The molecule has 2 heterocycles. The van der Waals surface area contributed by atoms with Crippen LogP contribution in [0, 0.1) is 0 Å². The molecule has 1 aromatic heterocycles. The average Bonchev–Trinajstić information content (AvgIpc) is 2.91. The molecular formula is C17H23N3OS. The highest BCUT2D eigenvalue weighted by atomic mass is 32.1. The van der Waals surface area contributed by atoms with Crippen LogP contribution in [0.2, 0.25) is 0 Å². The van der Waals surface area contributed by atoms with E-state index in [1.165, 1.54) is 16.5 Å². The quantitative estimate of drug-likeness (QED) is 0.851. The molecule has 1 aliphatic rings. The summed E-state index contributed by atoms with van der Waals surface area (Å²) < 4.78 is 0. The van der Waals surface area contributed by atoms with Crippen LogP contribution in [-0.2, 0) is 4.79 Å². The van der Waals surface area contributed by atoms with E-state index in [2.05, 4.69) is 53.8 Å². The predicted molar refractivity (Wildman–Crippen MR) is 93.3 cm³/mol. The molecule has 0 bridgehead atoms. The number of para-hydroxylation sites is 1. The van der Waals surface area contributed by atoms with E-state index in [0.29, 0.717) is 12.5 Å². The van der Waals surface area contributed by atoms with Gasteiger partial charge in [0.2, 0.25) is 5.91 Å². The first-order chi connectivity index (χ1) is 10.6. The fraction of sp³-hybridized carbons (Fsp3) is 0.471. The van der Waals surface area contributed by atoms with Gasteiger partial charge < -0.3 is 9.88 Å². The van der Waals surface area contributed by atoms with Gasteiger partial charge in [-0.15, -0.1) is 0 Å². The smallest absolute Gasteiger partial charge is 0.237 e. The highest BCUT2D eigenvalue weighted by molar-refractivity contribution is 7.80. The van der Waals surface area contributed by atoms with Crippen molar-refractivity contribution in [3.63, 3.8) is 0 Å². The Balaban J connectivity index is 1.68. The lowest BCUT2D eigenvalue weighted by Crippen LogP contribution is -2.52. The van der Waals surface area contributed by atoms with Crippen molar-refractivity contribution in [3.8, 4) is 0 Å². The third-order valence-corrected chi connectivity index (χ3v) is 4.75. The van der Waals surface area contributed by atoms with Crippen LogP contribution in [0.3, 0.4) is 0 Å². The summed E-state index contributed by atoms with van der Waals surface area (Å²) in [4.78, 5) is 19.6. The van der Waals surface area contributed by atoms with Gasteiger partial charge >= 0.3 is 0 Å². The number of nitrogens with one attached hydrogen (secondary N) is 1. The molecule has 0 radical (unpaired) electrons. The van der Waals surface area contributed by atoms with E-state index in [0.717, 1.165) is 19.6 Å². The van der Waals surface area contributed by atoms with Gasteiger partial charge in [0.05, 0.1) is 11.9 Å². The normalized spacial score (nSPS) is 19.6. The van der Waals surface area contributed by atoms with Gasteiger partial charge in [-0.25, -0.2) is 0 Å². The zero-order valence-corrected chi connectivity index (χ0v) is 14.0. The molecule has 4 nitrogen and oxygen atoms in total. The molecule has 22 heavy (non-hydrogen) atoms. The molecule has 1 aliphatic heterocycles. The standard InChI is InChI=1S/C17H23N3OS/c1-12(15-9-18-16-6-4-3-5-14(15)16)10-19-7-8-20(13(2)22)17(21)11-19/h3-6,9,12-13,18,22H,7-8,10-11H2,1-2H3. The Hall–Kier alpha value is -1.46. The summed E-state index contributed by atoms with van der Waals surface area (Å²) in [5, 5.41) is 1.28. The van der Waals surface area contributed by atoms with Gasteiger partial charge in [-0.1, -0.05) is 25.1 Å². The molecule has 0 spiro atoms. The number of thiol groups is 1. The zero-order valence-electron chi connectivity index (χ0n) is 13.1. The number of aromatic nitrogens is 1. The number of benzene rings is 1. The molecule has 0 aliphatic carbocycles. The number of hydrogen-bond acceptors (Lipinski definition) is 3. The molecule has 2 atom stereocenters. The van der Waals surface area contributed by atoms with Crippen LogP contribution in [0.4, 0.5) is 0 Å². The van der Waals surface area contributed by atoms with Crippen LogP contribution < -0.4 is 0 Å². The number of piperazine rings is 1. The molecule has 1 amide bonds. The summed E-state index contributed by atoms with van der Waals surface area (Å²) in [6.45, 7) is 7.27. The number of carbonyl (C=O) groups excluding carboxylic acids is 1. The monoisotopic (exact) mass is 317 g/mol. The molecule has 1 fully saturated rings. The zero-order chi connectivity index (χ0) is 15.7. The molecule has 1 saturated heterocycles. The number of carbonyl (C=O) groups is 1. The molecular weight excluding hydrogens is 294 g/mol. The van der Waals surface area contributed by atoms with Crippen molar-refractivity contribution in [1.82, 2.24) is 14.8 Å². The van der Waals surface area contributed by atoms with Crippen LogP contribution >= 0.6 is 12.6 Å². The molecule has 0 saturated carbocycles. The summed E-state index contributed by atoms with van der Waals surface area (Å²) in [6, 6.07) is 8.37. The predicted octanol–water partition coefficient (Wildman–Crippen LogP) is 2.69. The van der Waals surface area contributed by atoms with E-state index in [1.807, 2.05) is 17.9 Å². The summed E-state index contributed by atoms with van der Waals surface area (Å²) in [5.41, 5.74) is 2.50. The molecule has 5 heteroatoms. The minimum Gasteiger partial charge on any atom is -0.361 e. The Labute approximate surface area is 136 Å². The molecule has 3 rings (SSSR count). The van der Waals surface area contributed by atoms with Crippen LogP contribution in [0.15, 0.2) is 30.5 Å². The summed E-state index contributed by atoms with van der Waals surface area (Å²) in [7, 11) is 0. The SMILES string of the molecule is CC(CN1CCN(C(C)S)C(=O)C1)c1c[nH]c2ccccc12. The van der Waals surface area contributed by atoms with Gasteiger partial charge in [-0.05, 0) is 24.5 Å². The van der Waals surface area contributed by atoms with Crippen molar-refractivity contribution in [1.29, 1.82) is 0 Å². The average molecular weight is 317 g/mol. The molecule has 1 N–H and O–H groups in total. The number of aromatic amines is 1. The highest BCUT2D eigenvalue weighted by Crippen LogP contribution is 2.26. The molecule has 118 valence electrons. The van der Waals surface area contributed by atoms with Crippen molar-refractivity contribution in [2.45, 2.75) is 25.1 Å². The second-order valence-electron chi connectivity index (χ2n) is 6.14. The Morgan fingerprint density at radius 1 is 1.27 bits per heavy atom. The van der Waals surface area contributed by atoms with E-state index in [4.69, 9.17) is 0 Å². The number of rotatable bonds is 4.